The number of hydrogen-bond acceptors (Lipinski definition) is 6. The van der Waals surface area contributed by atoms with Crippen LogP contribution in [0.1, 0.15) is 29.1 Å². The molecule has 10 heteroatoms. The van der Waals surface area contributed by atoms with Crippen molar-refractivity contribution in [2.75, 3.05) is 5.32 Å². The van der Waals surface area contributed by atoms with Gasteiger partial charge in [0.25, 0.3) is 5.91 Å². The van der Waals surface area contributed by atoms with Crippen molar-refractivity contribution in [3.05, 3.63) is 36.0 Å². The van der Waals surface area contributed by atoms with Gasteiger partial charge in [-0.25, -0.2) is 0 Å². The summed E-state index contributed by atoms with van der Waals surface area (Å²) in [6.07, 6.45) is 3.44. The van der Waals surface area contributed by atoms with Crippen LogP contribution in [0.25, 0.3) is 0 Å². The number of amides is 2. The Kier molecular flexibility index (Phi) is 4.63. The van der Waals surface area contributed by atoms with Crippen LogP contribution < -0.4 is 10.6 Å². The number of nitrogens with zero attached hydrogens (tertiary/aromatic N) is 2. The summed E-state index contributed by atoms with van der Waals surface area (Å²) in [5.41, 5.74) is 0.259. The third-order valence-corrected chi connectivity index (χ3v) is 5.17. The second-order valence-electron chi connectivity index (χ2n) is 7.00. The van der Waals surface area contributed by atoms with Crippen LogP contribution in [0.2, 0.25) is 0 Å². The monoisotopic (exact) mass is 388 g/mol. The number of furan rings is 1. The number of rotatable bonds is 6. The van der Waals surface area contributed by atoms with E-state index in [-0.39, 0.29) is 17.9 Å². The van der Waals surface area contributed by atoms with Gasteiger partial charge in [0.05, 0.1) is 42.5 Å². The van der Waals surface area contributed by atoms with E-state index in [2.05, 4.69) is 15.7 Å². The zero-order valence-corrected chi connectivity index (χ0v) is 15.1. The lowest BCUT2D eigenvalue weighted by atomic mass is 9.78. The van der Waals surface area contributed by atoms with E-state index >= 15 is 0 Å². The molecular formula is C18H20N4O6. The Morgan fingerprint density at radius 3 is 2.71 bits per heavy atom. The maximum Gasteiger partial charge on any atom is 0.310 e. The standard InChI is InChI=1S/C18H20N4O6/c1-22-8-10(15(21-22)17(24)19-7-9-3-2-6-27-9)20-16(23)13-11-4-5-12(28-11)14(13)18(25)26/h2-3,6,8,11-14H,4-5,7H2,1H3,(H,19,24)(H,20,23)(H,25,26)/t11-,12-,13+,14+/m1/s1. The van der Waals surface area contributed by atoms with Crippen LogP contribution in [-0.2, 0) is 27.9 Å². The van der Waals surface area contributed by atoms with Crippen molar-refractivity contribution in [2.45, 2.75) is 31.6 Å². The number of aromatic nitrogens is 2. The van der Waals surface area contributed by atoms with E-state index in [0.29, 0.717) is 18.6 Å². The summed E-state index contributed by atoms with van der Waals surface area (Å²) in [4.78, 5) is 36.9. The molecule has 2 aromatic rings. The molecule has 3 N–H and O–H groups in total. The number of carboxylic acids is 1. The van der Waals surface area contributed by atoms with E-state index in [9.17, 15) is 19.5 Å². The van der Waals surface area contributed by atoms with E-state index in [0.717, 1.165) is 0 Å². The van der Waals surface area contributed by atoms with E-state index in [1.807, 2.05) is 0 Å². The Hall–Kier alpha value is -3.14. The number of nitrogens with one attached hydrogen (secondary N) is 2. The second-order valence-corrected chi connectivity index (χ2v) is 7.00. The lowest BCUT2D eigenvalue weighted by molar-refractivity contribution is -0.147. The predicted molar refractivity (Wildman–Crippen MR) is 94.2 cm³/mol. The first-order valence-corrected chi connectivity index (χ1v) is 8.97. The Morgan fingerprint density at radius 2 is 2.04 bits per heavy atom. The normalized spacial score (nSPS) is 25.6. The van der Waals surface area contributed by atoms with Crippen molar-refractivity contribution in [3.8, 4) is 0 Å². The topological polar surface area (TPSA) is 136 Å². The minimum Gasteiger partial charge on any atom is -0.481 e. The molecule has 0 aromatic carbocycles. The average Bonchev–Trinajstić information content (AvgIpc) is 3.43. The van der Waals surface area contributed by atoms with Crippen LogP contribution in [0.15, 0.2) is 29.0 Å². The molecule has 2 saturated heterocycles. The van der Waals surface area contributed by atoms with E-state index in [1.54, 1.807) is 19.2 Å². The molecule has 0 saturated carbocycles. The molecule has 2 aliphatic rings. The quantitative estimate of drug-likeness (QED) is 0.665. The maximum atomic E-state index is 12.8. The van der Waals surface area contributed by atoms with Gasteiger partial charge in [-0.15, -0.1) is 0 Å². The molecule has 2 bridgehead atoms. The lowest BCUT2D eigenvalue weighted by Gasteiger charge is -2.23. The summed E-state index contributed by atoms with van der Waals surface area (Å²) >= 11 is 0. The third-order valence-electron chi connectivity index (χ3n) is 5.17. The smallest absolute Gasteiger partial charge is 0.310 e. The molecule has 4 heterocycles. The van der Waals surface area contributed by atoms with Gasteiger partial charge in [0, 0.05) is 13.2 Å². The number of ether oxygens (including phenoxy) is 1. The van der Waals surface area contributed by atoms with Crippen LogP contribution in [0.5, 0.6) is 0 Å². The summed E-state index contributed by atoms with van der Waals surface area (Å²) in [6, 6.07) is 3.44. The number of hydrogen-bond donors (Lipinski definition) is 3. The first kappa shape index (κ1) is 18.2. The van der Waals surface area contributed by atoms with Crippen LogP contribution in [-0.4, -0.2) is 44.9 Å². The molecule has 2 amide bonds. The van der Waals surface area contributed by atoms with Gasteiger partial charge in [0.1, 0.15) is 5.76 Å². The molecule has 0 aliphatic carbocycles. The zero-order chi connectivity index (χ0) is 19.8. The van der Waals surface area contributed by atoms with Crippen molar-refractivity contribution in [3.63, 3.8) is 0 Å². The molecule has 2 fully saturated rings. The molecule has 2 aromatic heterocycles. The number of fused-ring (bicyclic) bond motifs is 2. The molecule has 0 radical (unpaired) electrons. The number of aryl methyl sites for hydroxylation is 1. The van der Waals surface area contributed by atoms with Gasteiger partial charge >= 0.3 is 5.97 Å². The molecule has 10 nitrogen and oxygen atoms in total. The van der Waals surface area contributed by atoms with Crippen LogP contribution in [0.3, 0.4) is 0 Å². The van der Waals surface area contributed by atoms with Gasteiger partial charge in [-0.2, -0.15) is 5.10 Å². The highest BCUT2D eigenvalue weighted by molar-refractivity contribution is 6.03. The van der Waals surface area contributed by atoms with Gasteiger partial charge in [-0.1, -0.05) is 0 Å². The van der Waals surface area contributed by atoms with Gasteiger partial charge < -0.3 is 24.9 Å². The molecular weight excluding hydrogens is 368 g/mol. The molecule has 2 aliphatic heterocycles. The lowest BCUT2D eigenvalue weighted by Crippen LogP contribution is -2.41. The number of carbonyl (C=O) groups excluding carboxylic acids is 2. The van der Waals surface area contributed by atoms with Crippen molar-refractivity contribution in [1.82, 2.24) is 15.1 Å². The highest BCUT2D eigenvalue weighted by Crippen LogP contribution is 2.44. The Labute approximate surface area is 159 Å². The molecule has 0 unspecified atom stereocenters. The van der Waals surface area contributed by atoms with E-state index < -0.39 is 41.8 Å². The first-order valence-electron chi connectivity index (χ1n) is 8.97. The minimum atomic E-state index is -1.05. The predicted octanol–water partition coefficient (Wildman–Crippen LogP) is 0.760. The molecule has 4 rings (SSSR count). The highest BCUT2D eigenvalue weighted by Gasteiger charge is 2.55. The number of aliphatic carboxylic acids is 1. The third kappa shape index (κ3) is 3.26. The van der Waals surface area contributed by atoms with Gasteiger partial charge in [-0.3, -0.25) is 19.1 Å². The van der Waals surface area contributed by atoms with Crippen LogP contribution >= 0.6 is 0 Å². The zero-order valence-electron chi connectivity index (χ0n) is 15.1. The molecule has 0 spiro atoms. The SMILES string of the molecule is Cn1cc(NC(=O)[C@@H]2[C@@H](C(=O)O)[C@H]3CC[C@H]2O3)c(C(=O)NCc2ccco2)n1. The fourth-order valence-corrected chi connectivity index (χ4v) is 3.95. The van der Waals surface area contributed by atoms with E-state index in [4.69, 9.17) is 9.15 Å². The summed E-state index contributed by atoms with van der Waals surface area (Å²) in [5.74, 6) is -3.10. The number of anilines is 1. The van der Waals surface area contributed by atoms with Gasteiger partial charge in [-0.05, 0) is 25.0 Å². The van der Waals surface area contributed by atoms with Crippen LogP contribution in [0, 0.1) is 11.8 Å². The highest BCUT2D eigenvalue weighted by atomic mass is 16.5. The first-order chi connectivity index (χ1) is 13.4. The second kappa shape index (κ2) is 7.12. The fraction of sp³-hybridized carbons (Fsp3) is 0.444. The Balaban J connectivity index is 1.48. The largest absolute Gasteiger partial charge is 0.481 e. The maximum absolute atomic E-state index is 12.8. The molecule has 148 valence electrons. The van der Waals surface area contributed by atoms with Gasteiger partial charge in [0.2, 0.25) is 5.91 Å². The Bertz CT molecular complexity index is 905. The summed E-state index contributed by atoms with van der Waals surface area (Å²) < 4.78 is 12.2. The van der Waals surface area contributed by atoms with Gasteiger partial charge in [0.15, 0.2) is 5.69 Å². The summed E-state index contributed by atoms with van der Waals surface area (Å²) in [6.45, 7) is 0.178. The molecule has 4 atom stereocenters. The average molecular weight is 388 g/mol. The summed E-state index contributed by atoms with van der Waals surface area (Å²) in [7, 11) is 1.62. The van der Waals surface area contributed by atoms with Crippen molar-refractivity contribution < 1.29 is 28.6 Å². The van der Waals surface area contributed by atoms with Crippen molar-refractivity contribution >= 4 is 23.5 Å². The van der Waals surface area contributed by atoms with Crippen LogP contribution in [0.4, 0.5) is 5.69 Å². The van der Waals surface area contributed by atoms with Crippen molar-refractivity contribution in [2.24, 2.45) is 18.9 Å². The molecule has 28 heavy (non-hydrogen) atoms. The number of carboxylic acid groups (broad SMARTS) is 1. The number of carbonyl (C=O) groups is 3. The summed E-state index contributed by atoms with van der Waals surface area (Å²) in [5, 5.41) is 18.9. The van der Waals surface area contributed by atoms with Crippen molar-refractivity contribution in [1.29, 1.82) is 0 Å². The fourth-order valence-electron chi connectivity index (χ4n) is 3.95. The Morgan fingerprint density at radius 1 is 1.29 bits per heavy atom. The minimum absolute atomic E-state index is 0.0401. The van der Waals surface area contributed by atoms with E-state index in [1.165, 1.54) is 17.1 Å².